The summed E-state index contributed by atoms with van der Waals surface area (Å²) in [6.45, 7) is 8.05. The Labute approximate surface area is 184 Å². The standard InChI is InChI=1S/C22H26ClFN2O2.C2H6/c1-22(2,24)20-4-3-13-26(20)19-11-5-15(6-12-21(27)28)14-18(19)25-17-9-7-16(23)8-10-17;1-2/h5,7-11,14,20,25H,3-4,6,12-13H2,1-2H3,(H,27,28);1-2H3. The molecule has 2 N–H and O–H groups in total. The second kappa shape index (κ2) is 10.7. The summed E-state index contributed by atoms with van der Waals surface area (Å²) in [5.74, 6) is -0.824. The lowest BCUT2D eigenvalue weighted by Gasteiger charge is -2.35. The van der Waals surface area contributed by atoms with Gasteiger partial charge in [0.25, 0.3) is 0 Å². The lowest BCUT2D eigenvalue weighted by molar-refractivity contribution is -0.136. The molecule has 0 spiro atoms. The predicted molar refractivity (Wildman–Crippen MR) is 124 cm³/mol. The highest BCUT2D eigenvalue weighted by Crippen LogP contribution is 2.39. The largest absolute Gasteiger partial charge is 0.481 e. The van der Waals surface area contributed by atoms with Crippen LogP contribution in [0.3, 0.4) is 0 Å². The fourth-order valence-corrected chi connectivity index (χ4v) is 3.92. The van der Waals surface area contributed by atoms with E-state index in [2.05, 4.69) is 10.2 Å². The molecule has 2 aromatic rings. The highest BCUT2D eigenvalue weighted by atomic mass is 35.5. The SMILES string of the molecule is CC.CC(C)(F)C1CCCN1c1ccc(CCC(=O)O)cc1Nc1ccc(Cl)cc1. The third-order valence-electron chi connectivity index (χ3n) is 5.17. The van der Waals surface area contributed by atoms with Crippen LogP contribution < -0.4 is 10.2 Å². The number of carboxylic acids is 1. The molecule has 164 valence electrons. The maximum Gasteiger partial charge on any atom is 0.303 e. The summed E-state index contributed by atoms with van der Waals surface area (Å²) in [4.78, 5) is 13.1. The van der Waals surface area contributed by atoms with Crippen LogP contribution in [0.4, 0.5) is 21.5 Å². The third-order valence-corrected chi connectivity index (χ3v) is 5.42. The molecule has 30 heavy (non-hydrogen) atoms. The average Bonchev–Trinajstić information content (AvgIpc) is 3.20. The van der Waals surface area contributed by atoms with E-state index in [1.54, 1.807) is 26.0 Å². The van der Waals surface area contributed by atoms with Crippen LogP contribution in [-0.4, -0.2) is 29.3 Å². The molecule has 1 aliphatic heterocycles. The molecule has 0 saturated carbocycles. The lowest BCUT2D eigenvalue weighted by Crippen LogP contribution is -2.43. The molecule has 1 saturated heterocycles. The second-order valence-electron chi connectivity index (χ2n) is 7.79. The molecule has 0 bridgehead atoms. The fourth-order valence-electron chi connectivity index (χ4n) is 3.80. The lowest BCUT2D eigenvalue weighted by atomic mass is 9.97. The Hall–Kier alpha value is -2.27. The zero-order valence-corrected chi connectivity index (χ0v) is 19.0. The summed E-state index contributed by atoms with van der Waals surface area (Å²) in [7, 11) is 0. The van der Waals surface area contributed by atoms with Gasteiger partial charge in [-0.15, -0.1) is 0 Å². The van der Waals surface area contributed by atoms with E-state index >= 15 is 0 Å². The number of alkyl halides is 1. The summed E-state index contributed by atoms with van der Waals surface area (Å²) in [6.07, 6.45) is 2.27. The van der Waals surface area contributed by atoms with Crippen LogP contribution in [0.25, 0.3) is 0 Å². The van der Waals surface area contributed by atoms with Crippen LogP contribution in [0.5, 0.6) is 0 Å². The molecule has 0 radical (unpaired) electrons. The van der Waals surface area contributed by atoms with E-state index < -0.39 is 11.6 Å². The number of halogens is 2. The fraction of sp³-hybridized carbons (Fsp3) is 0.458. The molecule has 1 fully saturated rings. The third kappa shape index (κ3) is 6.36. The first-order valence-electron chi connectivity index (χ1n) is 10.6. The maximum absolute atomic E-state index is 14.8. The van der Waals surface area contributed by atoms with E-state index in [0.29, 0.717) is 11.4 Å². The van der Waals surface area contributed by atoms with Crippen molar-refractivity contribution >= 4 is 34.6 Å². The molecule has 0 amide bonds. The minimum atomic E-state index is -1.31. The van der Waals surface area contributed by atoms with Crippen LogP contribution in [0.1, 0.15) is 52.5 Å². The quantitative estimate of drug-likeness (QED) is 0.500. The van der Waals surface area contributed by atoms with Gasteiger partial charge in [0.2, 0.25) is 0 Å². The van der Waals surface area contributed by atoms with Gasteiger partial charge < -0.3 is 15.3 Å². The van der Waals surface area contributed by atoms with E-state index in [1.807, 2.05) is 44.2 Å². The summed E-state index contributed by atoms with van der Waals surface area (Å²) >= 11 is 5.98. The van der Waals surface area contributed by atoms with Crippen molar-refractivity contribution < 1.29 is 14.3 Å². The van der Waals surface area contributed by atoms with Gasteiger partial charge in [0.05, 0.1) is 17.4 Å². The van der Waals surface area contributed by atoms with Gasteiger partial charge in [-0.1, -0.05) is 31.5 Å². The molecule has 0 aromatic heterocycles. The zero-order valence-electron chi connectivity index (χ0n) is 18.2. The molecule has 0 aliphatic carbocycles. The van der Waals surface area contributed by atoms with Crippen molar-refractivity contribution in [3.8, 4) is 0 Å². The van der Waals surface area contributed by atoms with E-state index in [1.165, 1.54) is 0 Å². The van der Waals surface area contributed by atoms with Crippen LogP contribution in [0.15, 0.2) is 42.5 Å². The van der Waals surface area contributed by atoms with Crippen molar-refractivity contribution in [1.29, 1.82) is 0 Å². The van der Waals surface area contributed by atoms with Crippen LogP contribution in [-0.2, 0) is 11.2 Å². The number of nitrogens with zero attached hydrogens (tertiary/aromatic N) is 1. The molecule has 1 atom stereocenters. The first kappa shape index (κ1) is 24.0. The first-order valence-corrected chi connectivity index (χ1v) is 10.9. The van der Waals surface area contributed by atoms with Gasteiger partial charge in [-0.3, -0.25) is 4.79 Å². The second-order valence-corrected chi connectivity index (χ2v) is 8.23. The van der Waals surface area contributed by atoms with Crippen molar-refractivity contribution in [2.24, 2.45) is 0 Å². The molecule has 3 rings (SSSR count). The van der Waals surface area contributed by atoms with Crippen molar-refractivity contribution in [1.82, 2.24) is 0 Å². The van der Waals surface area contributed by atoms with Crippen molar-refractivity contribution in [3.05, 3.63) is 53.1 Å². The Morgan fingerprint density at radius 2 is 1.90 bits per heavy atom. The number of carboxylic acid groups (broad SMARTS) is 1. The van der Waals surface area contributed by atoms with Crippen LogP contribution in [0, 0.1) is 0 Å². The van der Waals surface area contributed by atoms with Gasteiger partial charge >= 0.3 is 5.97 Å². The molecule has 6 heteroatoms. The highest BCUT2D eigenvalue weighted by Gasteiger charge is 2.38. The van der Waals surface area contributed by atoms with E-state index in [-0.39, 0.29) is 12.5 Å². The van der Waals surface area contributed by atoms with Crippen molar-refractivity contribution in [3.63, 3.8) is 0 Å². The number of rotatable bonds is 7. The summed E-state index contributed by atoms with van der Waals surface area (Å²) in [5, 5.41) is 13.0. The number of aryl methyl sites for hydroxylation is 1. The Balaban J connectivity index is 0.00000155. The number of anilines is 3. The summed E-state index contributed by atoms with van der Waals surface area (Å²) < 4.78 is 14.8. The van der Waals surface area contributed by atoms with Gasteiger partial charge in [-0.05, 0) is 75.1 Å². The number of nitrogens with one attached hydrogen (secondary N) is 1. The Morgan fingerprint density at radius 3 is 2.50 bits per heavy atom. The normalized spacial score (nSPS) is 16.1. The van der Waals surface area contributed by atoms with Gasteiger partial charge in [0.15, 0.2) is 0 Å². The minimum Gasteiger partial charge on any atom is -0.481 e. The molecule has 1 aliphatic rings. The highest BCUT2D eigenvalue weighted by molar-refractivity contribution is 6.30. The molecular formula is C24H32ClFN2O2. The topological polar surface area (TPSA) is 52.6 Å². The monoisotopic (exact) mass is 434 g/mol. The van der Waals surface area contributed by atoms with Crippen LogP contribution >= 0.6 is 11.6 Å². The summed E-state index contributed by atoms with van der Waals surface area (Å²) in [5.41, 5.74) is 2.27. The Morgan fingerprint density at radius 1 is 1.23 bits per heavy atom. The van der Waals surface area contributed by atoms with Gasteiger partial charge in [0, 0.05) is 23.7 Å². The van der Waals surface area contributed by atoms with E-state index in [9.17, 15) is 9.18 Å². The first-order chi connectivity index (χ1) is 14.2. The van der Waals surface area contributed by atoms with E-state index in [0.717, 1.165) is 42.0 Å². The molecule has 4 nitrogen and oxygen atoms in total. The summed E-state index contributed by atoms with van der Waals surface area (Å²) in [6, 6.07) is 13.1. The van der Waals surface area contributed by atoms with E-state index in [4.69, 9.17) is 16.7 Å². The van der Waals surface area contributed by atoms with Crippen molar-refractivity contribution in [2.45, 2.75) is 65.1 Å². The van der Waals surface area contributed by atoms with Crippen molar-refractivity contribution in [2.75, 3.05) is 16.8 Å². The molecule has 1 heterocycles. The number of hydrogen-bond acceptors (Lipinski definition) is 3. The van der Waals surface area contributed by atoms with Gasteiger partial charge in [0.1, 0.15) is 5.67 Å². The van der Waals surface area contributed by atoms with Gasteiger partial charge in [-0.2, -0.15) is 0 Å². The van der Waals surface area contributed by atoms with Gasteiger partial charge in [-0.25, -0.2) is 4.39 Å². The minimum absolute atomic E-state index is 0.0730. The number of hydrogen-bond donors (Lipinski definition) is 2. The number of aliphatic carboxylic acids is 1. The smallest absolute Gasteiger partial charge is 0.303 e. The average molecular weight is 435 g/mol. The number of benzene rings is 2. The molecular weight excluding hydrogens is 403 g/mol. The zero-order chi connectivity index (χ0) is 22.3. The number of carbonyl (C=O) groups is 1. The Kier molecular flexibility index (Phi) is 8.54. The van der Waals surface area contributed by atoms with Crippen LogP contribution in [0.2, 0.25) is 5.02 Å². The molecule has 1 unspecified atom stereocenters. The maximum atomic E-state index is 14.8. The molecule has 2 aromatic carbocycles. The Bertz CT molecular complexity index is 834. The predicted octanol–water partition coefficient (Wildman–Crippen LogP) is 6.84.